The molecular formula is C8H12NO3P. The van der Waals surface area contributed by atoms with Gasteiger partial charge in [0, 0.05) is 0 Å². The molecule has 0 spiro atoms. The Kier molecular flexibility index (Phi) is 6.25. The average Bonchev–Trinajstić information content (AvgIpc) is 2.05. The van der Waals surface area contributed by atoms with Crippen molar-refractivity contribution in [3.05, 3.63) is 11.6 Å². The first-order valence-corrected chi connectivity index (χ1v) is 4.62. The first-order valence-electron chi connectivity index (χ1n) is 3.80. The Morgan fingerprint density at radius 3 is 2.85 bits per heavy atom. The van der Waals surface area contributed by atoms with E-state index in [1.165, 1.54) is 6.08 Å². The van der Waals surface area contributed by atoms with E-state index in [1.54, 1.807) is 13.8 Å². The van der Waals surface area contributed by atoms with Crippen LogP contribution in [0.3, 0.4) is 0 Å². The molecule has 0 aromatic carbocycles. The molecule has 0 heterocycles. The van der Waals surface area contributed by atoms with Gasteiger partial charge in [-0.2, -0.15) is 0 Å². The Morgan fingerprint density at radius 1 is 1.77 bits per heavy atom. The number of hydrogen-bond acceptors (Lipinski definition) is 4. The molecular weight excluding hydrogens is 189 g/mol. The van der Waals surface area contributed by atoms with Crippen LogP contribution >= 0.6 is 7.92 Å². The average molecular weight is 201 g/mol. The van der Waals surface area contributed by atoms with E-state index in [2.05, 4.69) is 10.4 Å². The molecule has 0 fully saturated rings. The summed E-state index contributed by atoms with van der Waals surface area (Å²) in [6.07, 6.45) is 1.45. The van der Waals surface area contributed by atoms with Crippen molar-refractivity contribution in [3.8, 4) is 5.63 Å². The van der Waals surface area contributed by atoms with Gasteiger partial charge in [-0.1, -0.05) is 0 Å². The van der Waals surface area contributed by atoms with E-state index in [4.69, 9.17) is 5.73 Å². The van der Waals surface area contributed by atoms with Gasteiger partial charge >= 0.3 is 77.5 Å². The van der Waals surface area contributed by atoms with Crippen LogP contribution < -0.4 is 5.73 Å². The zero-order chi connectivity index (χ0) is 10.3. The van der Waals surface area contributed by atoms with Crippen LogP contribution in [0.1, 0.15) is 13.8 Å². The van der Waals surface area contributed by atoms with Gasteiger partial charge in [-0.3, -0.25) is 0 Å². The van der Waals surface area contributed by atoms with Crippen LogP contribution in [0.4, 0.5) is 0 Å². The fourth-order valence-corrected chi connectivity index (χ4v) is 0.904. The molecule has 0 saturated heterocycles. The number of rotatable bonds is 3. The summed E-state index contributed by atoms with van der Waals surface area (Å²) in [5.74, 6) is -0.494. The maximum absolute atomic E-state index is 11.0. The molecule has 5 heteroatoms. The zero-order valence-corrected chi connectivity index (χ0v) is 8.51. The second-order valence-corrected chi connectivity index (χ2v) is 2.74. The summed E-state index contributed by atoms with van der Waals surface area (Å²) >= 11 is 0. The van der Waals surface area contributed by atoms with Gasteiger partial charge in [0.05, 0.1) is 0 Å². The number of carbonyl (C=O) groups excluding carboxylic acids is 1. The molecule has 0 amide bonds. The van der Waals surface area contributed by atoms with E-state index in [-0.39, 0.29) is 7.92 Å². The van der Waals surface area contributed by atoms with Gasteiger partial charge in [-0.25, -0.2) is 0 Å². The van der Waals surface area contributed by atoms with Gasteiger partial charge in [0.25, 0.3) is 0 Å². The molecule has 13 heavy (non-hydrogen) atoms. The Hall–Kier alpha value is -0.820. The van der Waals surface area contributed by atoms with Crippen LogP contribution in [0, 0.1) is 5.63 Å². The molecule has 0 aromatic heterocycles. The molecule has 72 valence electrons. The SMILES string of the molecule is CCOC(=O)C(N)/C=C(\C)C#P=O. The Morgan fingerprint density at radius 2 is 2.38 bits per heavy atom. The van der Waals surface area contributed by atoms with Crippen molar-refractivity contribution in [1.82, 2.24) is 0 Å². The first kappa shape index (κ1) is 12.2. The molecule has 0 rings (SSSR count). The minimum atomic E-state index is -0.811. The molecule has 0 bridgehead atoms. The normalized spacial score (nSPS) is 13.0. The number of allylic oxidation sites excluding steroid dienone is 1. The summed E-state index contributed by atoms with van der Waals surface area (Å²) < 4.78 is 14.7. The predicted molar refractivity (Wildman–Crippen MR) is 49.9 cm³/mol. The Bertz CT molecular complexity index is 304. The third-order valence-corrected chi connectivity index (χ3v) is 1.65. The van der Waals surface area contributed by atoms with Gasteiger partial charge in [0.2, 0.25) is 0 Å². The van der Waals surface area contributed by atoms with Crippen molar-refractivity contribution in [2.24, 2.45) is 5.73 Å². The third-order valence-electron chi connectivity index (χ3n) is 1.21. The fraction of sp³-hybridized carbons (Fsp3) is 0.500. The van der Waals surface area contributed by atoms with E-state index in [0.717, 1.165) is 0 Å². The van der Waals surface area contributed by atoms with Gasteiger partial charge < -0.3 is 0 Å². The molecule has 0 aromatic rings. The molecule has 4 nitrogen and oxygen atoms in total. The summed E-state index contributed by atoms with van der Waals surface area (Å²) in [6.45, 7) is 3.66. The van der Waals surface area contributed by atoms with Gasteiger partial charge in [0.1, 0.15) is 0 Å². The summed E-state index contributed by atoms with van der Waals surface area (Å²) in [5.41, 5.74) is 8.47. The number of nitrogens with two attached hydrogens (primary N) is 1. The van der Waals surface area contributed by atoms with Crippen molar-refractivity contribution >= 4 is 13.9 Å². The van der Waals surface area contributed by atoms with Gasteiger partial charge in [-0.05, 0) is 0 Å². The van der Waals surface area contributed by atoms with Crippen LogP contribution in [0.25, 0.3) is 0 Å². The van der Waals surface area contributed by atoms with Crippen molar-refractivity contribution < 1.29 is 14.1 Å². The van der Waals surface area contributed by atoms with E-state index >= 15 is 0 Å². The van der Waals surface area contributed by atoms with E-state index in [1.807, 2.05) is 0 Å². The fourth-order valence-electron chi connectivity index (χ4n) is 0.685. The second kappa shape index (κ2) is 6.67. The molecule has 1 atom stereocenters. The summed E-state index contributed by atoms with van der Waals surface area (Å²) in [4.78, 5) is 11.0. The summed E-state index contributed by atoms with van der Waals surface area (Å²) in [5, 5.41) is 0. The molecule has 0 saturated carbocycles. The molecule has 0 aliphatic rings. The third kappa shape index (κ3) is 5.42. The van der Waals surface area contributed by atoms with Crippen LogP contribution in [-0.2, 0) is 14.1 Å². The van der Waals surface area contributed by atoms with Crippen molar-refractivity contribution in [3.63, 3.8) is 0 Å². The van der Waals surface area contributed by atoms with E-state index in [0.29, 0.717) is 12.2 Å². The maximum atomic E-state index is 11.0. The van der Waals surface area contributed by atoms with Crippen molar-refractivity contribution in [2.45, 2.75) is 19.9 Å². The molecule has 1 unspecified atom stereocenters. The van der Waals surface area contributed by atoms with Crippen LogP contribution in [0.2, 0.25) is 0 Å². The monoisotopic (exact) mass is 201 g/mol. The number of esters is 1. The molecule has 0 aliphatic heterocycles. The van der Waals surface area contributed by atoms with Crippen LogP contribution in [0.5, 0.6) is 0 Å². The van der Waals surface area contributed by atoms with Crippen molar-refractivity contribution in [2.75, 3.05) is 6.61 Å². The topological polar surface area (TPSA) is 69.4 Å². The number of hydrogen-bond donors (Lipinski definition) is 1. The van der Waals surface area contributed by atoms with E-state index < -0.39 is 12.0 Å². The molecule has 0 aliphatic carbocycles. The summed E-state index contributed by atoms with van der Waals surface area (Å²) in [7, 11) is -0.221. The summed E-state index contributed by atoms with van der Waals surface area (Å²) in [6, 6.07) is -0.811. The zero-order valence-electron chi connectivity index (χ0n) is 7.61. The number of ether oxygens (including phenoxy) is 1. The van der Waals surface area contributed by atoms with E-state index in [9.17, 15) is 9.36 Å². The quantitative estimate of drug-likeness (QED) is 0.547. The second-order valence-electron chi connectivity index (χ2n) is 2.33. The molecule has 0 radical (unpaired) electrons. The molecule has 2 N–H and O–H groups in total. The van der Waals surface area contributed by atoms with Gasteiger partial charge in [0.15, 0.2) is 0 Å². The number of carbonyl (C=O) groups is 1. The van der Waals surface area contributed by atoms with Gasteiger partial charge in [-0.15, -0.1) is 0 Å². The van der Waals surface area contributed by atoms with Crippen LogP contribution in [0.15, 0.2) is 11.6 Å². The van der Waals surface area contributed by atoms with Crippen LogP contribution in [-0.4, -0.2) is 18.6 Å². The predicted octanol–water partition coefficient (Wildman–Crippen LogP) is 1.07. The van der Waals surface area contributed by atoms with Crippen molar-refractivity contribution in [1.29, 1.82) is 0 Å². The Labute approximate surface area is 78.3 Å². The standard InChI is InChI=1S/C8H12NO3P/c1-3-12-8(10)7(9)4-6(2)5-13-11/h4,7H,3,9H2,1-2H3/b6-4+. The Balaban J connectivity index is 4.33. The minimum absolute atomic E-state index is 0.221. The first-order chi connectivity index (χ1) is 6.11.